The first-order chi connectivity index (χ1) is 13.0. The van der Waals surface area contributed by atoms with Gasteiger partial charge in [-0.25, -0.2) is 9.59 Å². The standard InChI is InChI=1S/C21H15NO5/c1-12-8-9-15-14(10-12)18-16(19(23)26-15)17(13-6-4-3-5-7-13)21(11-22,27-18)20(24)25-2/h3-10,17H,1-2H3. The van der Waals surface area contributed by atoms with Gasteiger partial charge in [0.25, 0.3) is 0 Å². The summed E-state index contributed by atoms with van der Waals surface area (Å²) in [6.07, 6.45) is 0. The van der Waals surface area contributed by atoms with Crippen molar-refractivity contribution >= 4 is 16.9 Å². The summed E-state index contributed by atoms with van der Waals surface area (Å²) in [6, 6.07) is 16.0. The Balaban J connectivity index is 2.11. The first kappa shape index (κ1) is 16.9. The molecule has 0 radical (unpaired) electrons. The van der Waals surface area contributed by atoms with Crippen LogP contribution in [0, 0.1) is 18.3 Å². The van der Waals surface area contributed by atoms with Gasteiger partial charge in [0.1, 0.15) is 17.4 Å². The van der Waals surface area contributed by atoms with Gasteiger partial charge in [-0.3, -0.25) is 0 Å². The summed E-state index contributed by atoms with van der Waals surface area (Å²) in [5.41, 5.74) is -0.670. The van der Waals surface area contributed by atoms with Gasteiger partial charge in [0.15, 0.2) is 0 Å². The summed E-state index contributed by atoms with van der Waals surface area (Å²) in [4.78, 5) is 25.4. The lowest BCUT2D eigenvalue weighted by atomic mass is 9.80. The van der Waals surface area contributed by atoms with Crippen molar-refractivity contribution in [3.8, 4) is 11.8 Å². The number of nitrogens with zero attached hydrogens (tertiary/aromatic N) is 1. The average molecular weight is 361 g/mol. The van der Waals surface area contributed by atoms with Gasteiger partial charge in [-0.15, -0.1) is 0 Å². The zero-order valence-corrected chi connectivity index (χ0v) is 14.7. The molecule has 0 N–H and O–H groups in total. The van der Waals surface area contributed by atoms with E-state index in [0.29, 0.717) is 16.5 Å². The summed E-state index contributed by atoms with van der Waals surface area (Å²) in [5.74, 6) is -1.65. The Labute approximate surface area is 154 Å². The first-order valence-electron chi connectivity index (χ1n) is 8.33. The molecular formula is C21H15NO5. The summed E-state index contributed by atoms with van der Waals surface area (Å²) in [7, 11) is 1.18. The molecule has 2 unspecified atom stereocenters. The molecule has 2 aromatic carbocycles. The number of methoxy groups -OCH3 is 1. The predicted molar refractivity (Wildman–Crippen MR) is 96.5 cm³/mol. The smallest absolute Gasteiger partial charge is 0.366 e. The van der Waals surface area contributed by atoms with E-state index in [1.165, 1.54) is 7.11 Å². The number of hydrogen-bond acceptors (Lipinski definition) is 6. The number of aryl methyl sites for hydroxylation is 1. The highest BCUT2D eigenvalue weighted by molar-refractivity contribution is 5.93. The molecule has 1 aromatic heterocycles. The van der Waals surface area contributed by atoms with Crippen LogP contribution in [0.15, 0.2) is 57.7 Å². The lowest BCUT2D eigenvalue weighted by molar-refractivity contribution is -0.153. The number of rotatable bonds is 2. The number of carbonyl (C=O) groups excluding carboxylic acids is 1. The molecule has 6 heteroatoms. The Kier molecular flexibility index (Phi) is 3.74. The largest absolute Gasteiger partial charge is 0.465 e. The number of ether oxygens (including phenoxy) is 2. The second-order valence-electron chi connectivity index (χ2n) is 6.42. The maximum absolute atomic E-state index is 12.8. The van der Waals surface area contributed by atoms with Crippen molar-refractivity contribution in [3.05, 3.63) is 75.6 Å². The summed E-state index contributed by atoms with van der Waals surface area (Å²) < 4.78 is 16.3. The van der Waals surface area contributed by atoms with E-state index in [2.05, 4.69) is 0 Å². The minimum atomic E-state index is -2.01. The molecule has 0 bridgehead atoms. The SMILES string of the molecule is COC(=O)C1(C#N)Oc2c(c(=O)oc3ccc(C)cc23)C1c1ccccc1. The van der Waals surface area contributed by atoms with E-state index in [9.17, 15) is 14.9 Å². The third-order valence-electron chi connectivity index (χ3n) is 4.79. The van der Waals surface area contributed by atoms with Gasteiger partial charge >= 0.3 is 17.2 Å². The first-order valence-corrected chi connectivity index (χ1v) is 8.33. The predicted octanol–water partition coefficient (Wildman–Crippen LogP) is 3.06. The van der Waals surface area contributed by atoms with Crippen LogP contribution in [-0.2, 0) is 9.53 Å². The summed E-state index contributed by atoms with van der Waals surface area (Å²) >= 11 is 0. The number of nitriles is 1. The summed E-state index contributed by atoms with van der Waals surface area (Å²) in [5, 5.41) is 10.5. The molecule has 1 aliphatic heterocycles. The van der Waals surface area contributed by atoms with Gasteiger partial charge in [0.05, 0.1) is 24.0 Å². The molecular weight excluding hydrogens is 346 g/mol. The zero-order valence-electron chi connectivity index (χ0n) is 14.7. The lowest BCUT2D eigenvalue weighted by Gasteiger charge is -2.24. The number of carbonyl (C=O) groups is 1. The van der Waals surface area contributed by atoms with Crippen LogP contribution in [0.2, 0.25) is 0 Å². The van der Waals surface area contributed by atoms with E-state index in [0.717, 1.165) is 5.56 Å². The minimum absolute atomic E-state index is 0.145. The highest BCUT2D eigenvalue weighted by Crippen LogP contribution is 2.50. The van der Waals surface area contributed by atoms with Crippen molar-refractivity contribution in [1.29, 1.82) is 5.26 Å². The molecule has 27 heavy (non-hydrogen) atoms. The average Bonchev–Trinajstić information content (AvgIpc) is 3.06. The van der Waals surface area contributed by atoms with Crippen LogP contribution in [0.3, 0.4) is 0 Å². The van der Waals surface area contributed by atoms with Crippen LogP contribution in [-0.4, -0.2) is 18.7 Å². The van der Waals surface area contributed by atoms with Crippen LogP contribution in [0.5, 0.6) is 5.75 Å². The molecule has 0 spiro atoms. The van der Waals surface area contributed by atoms with Crippen molar-refractivity contribution in [1.82, 2.24) is 0 Å². The van der Waals surface area contributed by atoms with Gasteiger partial charge < -0.3 is 13.9 Å². The van der Waals surface area contributed by atoms with Gasteiger partial charge in [-0.05, 0) is 24.6 Å². The molecule has 0 aliphatic carbocycles. The Morgan fingerprint density at radius 1 is 1.22 bits per heavy atom. The second-order valence-corrected chi connectivity index (χ2v) is 6.42. The Bertz CT molecular complexity index is 1160. The zero-order chi connectivity index (χ0) is 19.2. The van der Waals surface area contributed by atoms with Crippen LogP contribution >= 0.6 is 0 Å². The molecule has 4 rings (SSSR count). The monoisotopic (exact) mass is 361 g/mol. The third kappa shape index (κ3) is 2.32. The molecule has 6 nitrogen and oxygen atoms in total. The number of fused-ring (bicyclic) bond motifs is 3. The van der Waals surface area contributed by atoms with Crippen LogP contribution in [0.4, 0.5) is 0 Å². The Hall–Kier alpha value is -3.59. The Morgan fingerprint density at radius 3 is 2.63 bits per heavy atom. The molecule has 0 amide bonds. The molecule has 2 heterocycles. The topological polar surface area (TPSA) is 89.5 Å². The molecule has 1 aliphatic rings. The maximum atomic E-state index is 12.8. The van der Waals surface area contributed by atoms with Crippen molar-refractivity contribution < 1.29 is 18.7 Å². The number of esters is 1. The van der Waals surface area contributed by atoms with Crippen molar-refractivity contribution in [2.75, 3.05) is 7.11 Å². The molecule has 0 fully saturated rings. The summed E-state index contributed by atoms with van der Waals surface area (Å²) in [6.45, 7) is 1.89. The van der Waals surface area contributed by atoms with Crippen molar-refractivity contribution in [3.63, 3.8) is 0 Å². The van der Waals surface area contributed by atoms with Crippen molar-refractivity contribution in [2.45, 2.75) is 18.4 Å². The second kappa shape index (κ2) is 5.99. The lowest BCUT2D eigenvalue weighted by Crippen LogP contribution is -2.46. The highest BCUT2D eigenvalue weighted by Gasteiger charge is 2.59. The van der Waals surface area contributed by atoms with Crippen molar-refractivity contribution in [2.24, 2.45) is 0 Å². The quantitative estimate of drug-likeness (QED) is 0.515. The number of hydrogen-bond donors (Lipinski definition) is 0. The van der Waals surface area contributed by atoms with Crippen LogP contribution in [0.25, 0.3) is 11.0 Å². The van der Waals surface area contributed by atoms with Crippen LogP contribution in [0.1, 0.15) is 22.6 Å². The van der Waals surface area contributed by atoms with E-state index < -0.39 is 23.1 Å². The fourth-order valence-corrected chi connectivity index (χ4v) is 3.58. The van der Waals surface area contributed by atoms with Gasteiger partial charge in [-0.2, -0.15) is 5.26 Å². The molecule has 2 atom stereocenters. The Morgan fingerprint density at radius 2 is 1.96 bits per heavy atom. The minimum Gasteiger partial charge on any atom is -0.465 e. The third-order valence-corrected chi connectivity index (χ3v) is 4.79. The molecule has 3 aromatic rings. The fraction of sp³-hybridized carbons (Fsp3) is 0.190. The van der Waals surface area contributed by atoms with E-state index >= 15 is 0 Å². The molecule has 0 saturated heterocycles. The van der Waals surface area contributed by atoms with Gasteiger partial charge in [0, 0.05) is 0 Å². The van der Waals surface area contributed by atoms with E-state index in [1.807, 2.05) is 13.0 Å². The van der Waals surface area contributed by atoms with Crippen LogP contribution < -0.4 is 10.4 Å². The highest BCUT2D eigenvalue weighted by atomic mass is 16.6. The van der Waals surface area contributed by atoms with Gasteiger partial charge in [0.2, 0.25) is 0 Å². The fourth-order valence-electron chi connectivity index (χ4n) is 3.58. The van der Waals surface area contributed by atoms with Gasteiger partial charge in [-0.1, -0.05) is 42.0 Å². The normalized spacial score (nSPS) is 20.6. The molecule has 0 saturated carbocycles. The van der Waals surface area contributed by atoms with E-state index in [-0.39, 0.29) is 11.3 Å². The van der Waals surface area contributed by atoms with E-state index in [1.54, 1.807) is 48.5 Å². The number of benzene rings is 2. The molecule has 134 valence electrons. The van der Waals surface area contributed by atoms with E-state index in [4.69, 9.17) is 13.9 Å². The maximum Gasteiger partial charge on any atom is 0.366 e.